The van der Waals surface area contributed by atoms with Crippen LogP contribution in [0.4, 0.5) is 4.39 Å². The Morgan fingerprint density at radius 3 is 2.67 bits per heavy atom. The third-order valence-corrected chi connectivity index (χ3v) is 4.65. The van der Waals surface area contributed by atoms with Gasteiger partial charge in [-0.3, -0.25) is 4.79 Å². The van der Waals surface area contributed by atoms with Gasteiger partial charge in [-0.15, -0.1) is 0 Å². The van der Waals surface area contributed by atoms with Gasteiger partial charge in [0.05, 0.1) is 19.3 Å². The van der Waals surface area contributed by atoms with Crippen molar-refractivity contribution in [3.8, 4) is 5.75 Å². The van der Waals surface area contributed by atoms with E-state index in [2.05, 4.69) is 6.92 Å². The standard InChI is InChI=1S/C21H31FO5/c1-4-6-10-25-16-12-17(13-16)27-20(14-26-21(23)7-5-2)18-11-15(22)8-9-19(18)24-3/h8-9,11,16-17,20H,4-7,10,12-14H2,1-3H3/t16-,17+,20-/m0/s1. The lowest BCUT2D eigenvalue weighted by Gasteiger charge is -2.37. The molecule has 1 fully saturated rings. The molecule has 1 aromatic carbocycles. The predicted molar refractivity (Wildman–Crippen MR) is 100 cm³/mol. The summed E-state index contributed by atoms with van der Waals surface area (Å²) < 4.78 is 36.4. The second-order valence-electron chi connectivity index (χ2n) is 6.88. The largest absolute Gasteiger partial charge is 0.496 e. The molecule has 1 aromatic rings. The Balaban J connectivity index is 1.99. The zero-order chi connectivity index (χ0) is 19.6. The minimum absolute atomic E-state index is 0.000484. The summed E-state index contributed by atoms with van der Waals surface area (Å²) in [7, 11) is 1.53. The van der Waals surface area contributed by atoms with Gasteiger partial charge in [0.1, 0.15) is 24.3 Å². The Labute approximate surface area is 161 Å². The van der Waals surface area contributed by atoms with Crippen LogP contribution >= 0.6 is 0 Å². The van der Waals surface area contributed by atoms with E-state index < -0.39 is 6.10 Å². The van der Waals surface area contributed by atoms with Gasteiger partial charge in [-0.1, -0.05) is 20.3 Å². The van der Waals surface area contributed by atoms with Crippen LogP contribution in [0.5, 0.6) is 5.75 Å². The smallest absolute Gasteiger partial charge is 0.305 e. The maximum Gasteiger partial charge on any atom is 0.305 e. The van der Waals surface area contributed by atoms with Gasteiger partial charge < -0.3 is 18.9 Å². The number of halogens is 1. The summed E-state index contributed by atoms with van der Waals surface area (Å²) in [5, 5.41) is 0. The van der Waals surface area contributed by atoms with E-state index in [0.717, 1.165) is 32.3 Å². The van der Waals surface area contributed by atoms with Crippen molar-refractivity contribution in [3.05, 3.63) is 29.6 Å². The first kappa shape index (κ1) is 21.6. The highest BCUT2D eigenvalue weighted by molar-refractivity contribution is 5.69. The molecule has 0 unspecified atom stereocenters. The topological polar surface area (TPSA) is 54.0 Å². The number of ether oxygens (including phenoxy) is 4. The zero-order valence-electron chi connectivity index (χ0n) is 16.5. The number of carbonyl (C=O) groups excluding carboxylic acids is 1. The average molecular weight is 382 g/mol. The van der Waals surface area contributed by atoms with E-state index in [1.165, 1.54) is 19.2 Å². The predicted octanol–water partition coefficient (Wildman–Crippen LogP) is 4.58. The molecule has 27 heavy (non-hydrogen) atoms. The molecular formula is C21H31FO5. The Morgan fingerprint density at radius 1 is 1.22 bits per heavy atom. The van der Waals surface area contributed by atoms with Crippen LogP contribution in [0.25, 0.3) is 0 Å². The molecule has 1 aliphatic carbocycles. The minimum atomic E-state index is -0.571. The first-order valence-electron chi connectivity index (χ1n) is 9.83. The van der Waals surface area contributed by atoms with Gasteiger partial charge in [-0.25, -0.2) is 4.39 Å². The highest BCUT2D eigenvalue weighted by Crippen LogP contribution is 2.35. The van der Waals surface area contributed by atoms with Crippen LogP contribution in [0.1, 0.15) is 64.0 Å². The second-order valence-corrected chi connectivity index (χ2v) is 6.88. The first-order chi connectivity index (χ1) is 13.1. The van der Waals surface area contributed by atoms with Crippen LogP contribution in [0.3, 0.4) is 0 Å². The molecule has 2 rings (SSSR count). The minimum Gasteiger partial charge on any atom is -0.496 e. The number of unbranched alkanes of at least 4 members (excludes halogenated alkanes) is 1. The summed E-state index contributed by atoms with van der Waals surface area (Å²) in [5.41, 5.74) is 0.553. The molecule has 0 spiro atoms. The van der Waals surface area contributed by atoms with E-state index in [4.69, 9.17) is 18.9 Å². The number of carbonyl (C=O) groups is 1. The summed E-state index contributed by atoms with van der Waals surface area (Å²) in [5.74, 6) is -0.146. The van der Waals surface area contributed by atoms with E-state index in [1.807, 2.05) is 6.92 Å². The lowest BCUT2D eigenvalue weighted by atomic mass is 9.91. The van der Waals surface area contributed by atoms with Crippen molar-refractivity contribution in [1.29, 1.82) is 0 Å². The number of esters is 1. The van der Waals surface area contributed by atoms with Gasteiger partial charge in [-0.05, 0) is 43.9 Å². The first-order valence-corrected chi connectivity index (χ1v) is 9.83. The fourth-order valence-corrected chi connectivity index (χ4v) is 3.00. The Hall–Kier alpha value is -1.66. The summed E-state index contributed by atoms with van der Waals surface area (Å²) in [6.07, 6.45) is 4.45. The summed E-state index contributed by atoms with van der Waals surface area (Å²) in [4.78, 5) is 11.8. The molecule has 0 heterocycles. The fraction of sp³-hybridized carbons (Fsp3) is 0.667. The highest BCUT2D eigenvalue weighted by Gasteiger charge is 2.34. The molecule has 6 heteroatoms. The molecule has 0 bridgehead atoms. The maximum absolute atomic E-state index is 13.8. The van der Waals surface area contributed by atoms with E-state index in [-0.39, 0.29) is 30.6 Å². The number of hydrogen-bond donors (Lipinski definition) is 0. The summed E-state index contributed by atoms with van der Waals surface area (Å²) in [6, 6.07) is 4.28. The molecule has 5 nitrogen and oxygen atoms in total. The quantitative estimate of drug-likeness (QED) is 0.391. The van der Waals surface area contributed by atoms with Crippen LogP contribution in [0, 0.1) is 5.82 Å². The number of benzene rings is 1. The van der Waals surface area contributed by atoms with Crippen molar-refractivity contribution < 1.29 is 28.1 Å². The zero-order valence-corrected chi connectivity index (χ0v) is 16.5. The third-order valence-electron chi connectivity index (χ3n) is 4.65. The van der Waals surface area contributed by atoms with Crippen molar-refractivity contribution >= 4 is 5.97 Å². The van der Waals surface area contributed by atoms with Crippen molar-refractivity contribution in [2.75, 3.05) is 20.3 Å². The molecule has 0 N–H and O–H groups in total. The molecule has 0 radical (unpaired) electrons. The summed E-state index contributed by atoms with van der Waals surface area (Å²) in [6.45, 7) is 4.85. The van der Waals surface area contributed by atoms with Crippen LogP contribution in [-0.4, -0.2) is 38.5 Å². The number of hydrogen-bond acceptors (Lipinski definition) is 5. The molecular weight excluding hydrogens is 351 g/mol. The normalized spacial score (nSPS) is 20.0. The van der Waals surface area contributed by atoms with Crippen molar-refractivity contribution in [1.82, 2.24) is 0 Å². The maximum atomic E-state index is 13.8. The molecule has 1 aliphatic rings. The van der Waals surface area contributed by atoms with E-state index in [9.17, 15) is 9.18 Å². The van der Waals surface area contributed by atoms with Gasteiger partial charge in [-0.2, -0.15) is 0 Å². The Bertz CT molecular complexity index is 586. The SMILES string of the molecule is CCCCO[C@H]1C[C@@H](O[C@@H](COC(=O)CCC)c2cc(F)ccc2OC)C1. The van der Waals surface area contributed by atoms with E-state index in [1.54, 1.807) is 6.07 Å². The van der Waals surface area contributed by atoms with Crippen molar-refractivity contribution in [2.45, 2.75) is 70.7 Å². The lowest BCUT2D eigenvalue weighted by molar-refractivity contribution is -0.160. The van der Waals surface area contributed by atoms with Crippen LogP contribution < -0.4 is 4.74 Å². The second kappa shape index (κ2) is 11.2. The van der Waals surface area contributed by atoms with Gasteiger partial charge in [0.15, 0.2) is 0 Å². The third kappa shape index (κ3) is 6.78. The molecule has 0 aliphatic heterocycles. The van der Waals surface area contributed by atoms with Crippen LogP contribution in [0.15, 0.2) is 18.2 Å². The van der Waals surface area contributed by atoms with Crippen molar-refractivity contribution in [3.63, 3.8) is 0 Å². The lowest BCUT2D eigenvalue weighted by Crippen LogP contribution is -2.39. The van der Waals surface area contributed by atoms with E-state index in [0.29, 0.717) is 24.2 Å². The van der Waals surface area contributed by atoms with Gasteiger partial charge >= 0.3 is 5.97 Å². The monoisotopic (exact) mass is 382 g/mol. The van der Waals surface area contributed by atoms with Gasteiger partial charge in [0.25, 0.3) is 0 Å². The molecule has 0 amide bonds. The van der Waals surface area contributed by atoms with Crippen molar-refractivity contribution in [2.24, 2.45) is 0 Å². The van der Waals surface area contributed by atoms with Crippen LogP contribution in [-0.2, 0) is 19.0 Å². The highest BCUT2D eigenvalue weighted by atomic mass is 19.1. The molecule has 1 saturated carbocycles. The van der Waals surface area contributed by atoms with Gasteiger partial charge in [0.2, 0.25) is 0 Å². The molecule has 152 valence electrons. The summed E-state index contributed by atoms with van der Waals surface area (Å²) >= 11 is 0. The molecule has 0 aromatic heterocycles. The van der Waals surface area contributed by atoms with Crippen LogP contribution in [0.2, 0.25) is 0 Å². The average Bonchev–Trinajstić information content (AvgIpc) is 2.62. The number of methoxy groups -OCH3 is 1. The van der Waals surface area contributed by atoms with Gasteiger partial charge in [0, 0.05) is 18.6 Å². The van der Waals surface area contributed by atoms with E-state index >= 15 is 0 Å². The molecule has 1 atom stereocenters. The Kier molecular flexibility index (Phi) is 9.01. The Morgan fingerprint density at radius 2 is 2.00 bits per heavy atom. The molecule has 0 saturated heterocycles. The number of rotatable bonds is 12. The fourth-order valence-electron chi connectivity index (χ4n) is 3.00.